The minimum absolute atomic E-state index is 0.0370. The Morgan fingerprint density at radius 2 is 1.90 bits per heavy atom. The Morgan fingerprint density at radius 3 is 2.20 bits per heavy atom. The van der Waals surface area contributed by atoms with E-state index in [0.717, 1.165) is 12.8 Å². The maximum Gasteiger partial charge on any atom is 0.0688 e. The van der Waals surface area contributed by atoms with Gasteiger partial charge in [0, 0.05) is 6.04 Å². The van der Waals surface area contributed by atoms with Gasteiger partial charge in [-0.25, -0.2) is 0 Å². The van der Waals surface area contributed by atoms with Crippen LogP contribution < -0.4 is 5.73 Å². The van der Waals surface area contributed by atoms with Crippen molar-refractivity contribution in [2.75, 3.05) is 0 Å². The van der Waals surface area contributed by atoms with E-state index in [2.05, 4.69) is 13.8 Å². The van der Waals surface area contributed by atoms with Crippen molar-refractivity contribution in [2.24, 2.45) is 11.7 Å². The molecular formula is C8H19NO. The van der Waals surface area contributed by atoms with Crippen molar-refractivity contribution >= 4 is 0 Å². The summed E-state index contributed by atoms with van der Waals surface area (Å²) in [5, 5.41) is 9.25. The molecule has 0 saturated heterocycles. The number of rotatable bonds is 4. The molecule has 0 aromatic heterocycles. The molecule has 0 fully saturated rings. The second kappa shape index (κ2) is 4.69. The summed E-state index contributed by atoms with van der Waals surface area (Å²) in [6.45, 7) is 6.18. The second-order valence-corrected chi connectivity index (χ2v) is 3.27. The van der Waals surface area contributed by atoms with Crippen molar-refractivity contribution in [1.29, 1.82) is 0 Å². The van der Waals surface area contributed by atoms with Crippen molar-refractivity contribution in [3.63, 3.8) is 0 Å². The van der Waals surface area contributed by atoms with Gasteiger partial charge in [0.25, 0.3) is 0 Å². The molecule has 2 nitrogen and oxygen atoms in total. The van der Waals surface area contributed by atoms with E-state index in [0.29, 0.717) is 5.92 Å². The van der Waals surface area contributed by atoms with Crippen molar-refractivity contribution in [1.82, 2.24) is 0 Å². The number of aliphatic hydroxyl groups excluding tert-OH is 1. The van der Waals surface area contributed by atoms with Gasteiger partial charge < -0.3 is 10.8 Å². The van der Waals surface area contributed by atoms with Gasteiger partial charge in [0.15, 0.2) is 0 Å². The molecule has 2 heteroatoms. The SMILES string of the molecule is CC[C@H](O)[C@@H](N)CC(C)C. The third-order valence-electron chi connectivity index (χ3n) is 1.66. The summed E-state index contributed by atoms with van der Waals surface area (Å²) in [6.07, 6.45) is 1.35. The summed E-state index contributed by atoms with van der Waals surface area (Å²) in [5.74, 6) is 0.580. The molecule has 0 amide bonds. The van der Waals surface area contributed by atoms with Crippen LogP contribution in [0.2, 0.25) is 0 Å². The highest BCUT2D eigenvalue weighted by Gasteiger charge is 2.13. The van der Waals surface area contributed by atoms with Gasteiger partial charge in [-0.15, -0.1) is 0 Å². The van der Waals surface area contributed by atoms with Crippen LogP contribution in [0.25, 0.3) is 0 Å². The van der Waals surface area contributed by atoms with Gasteiger partial charge in [-0.2, -0.15) is 0 Å². The van der Waals surface area contributed by atoms with E-state index in [1.807, 2.05) is 6.92 Å². The molecule has 0 aliphatic rings. The van der Waals surface area contributed by atoms with Crippen molar-refractivity contribution in [2.45, 2.75) is 45.8 Å². The lowest BCUT2D eigenvalue weighted by Gasteiger charge is -2.18. The highest BCUT2D eigenvalue weighted by Crippen LogP contribution is 2.07. The Kier molecular flexibility index (Phi) is 4.65. The fourth-order valence-corrected chi connectivity index (χ4v) is 1.00. The van der Waals surface area contributed by atoms with Gasteiger partial charge in [-0.1, -0.05) is 20.8 Å². The molecular weight excluding hydrogens is 126 g/mol. The molecule has 0 rings (SSSR count). The van der Waals surface area contributed by atoms with Crippen LogP contribution in [0.5, 0.6) is 0 Å². The zero-order valence-corrected chi connectivity index (χ0v) is 7.17. The first kappa shape index (κ1) is 9.92. The van der Waals surface area contributed by atoms with Crippen molar-refractivity contribution < 1.29 is 5.11 Å². The van der Waals surface area contributed by atoms with Gasteiger partial charge in [0.1, 0.15) is 0 Å². The van der Waals surface area contributed by atoms with Crippen LogP contribution in [0.3, 0.4) is 0 Å². The Balaban J connectivity index is 3.50. The molecule has 0 aliphatic heterocycles. The average molecular weight is 145 g/mol. The molecule has 0 bridgehead atoms. The van der Waals surface area contributed by atoms with Gasteiger partial charge in [-0.05, 0) is 18.8 Å². The minimum atomic E-state index is -0.317. The van der Waals surface area contributed by atoms with E-state index in [9.17, 15) is 5.11 Å². The normalized spacial score (nSPS) is 17.4. The smallest absolute Gasteiger partial charge is 0.0688 e. The molecule has 0 unspecified atom stereocenters. The maximum atomic E-state index is 9.25. The standard InChI is InChI=1S/C8H19NO/c1-4-8(10)7(9)5-6(2)3/h6-8,10H,4-5,9H2,1-3H3/t7-,8-/m0/s1. The predicted molar refractivity (Wildman–Crippen MR) is 43.7 cm³/mol. The number of hydrogen-bond acceptors (Lipinski definition) is 2. The summed E-state index contributed by atoms with van der Waals surface area (Å²) in [6, 6.07) is -0.0370. The zero-order valence-electron chi connectivity index (χ0n) is 7.17. The van der Waals surface area contributed by atoms with Crippen LogP contribution in [0.1, 0.15) is 33.6 Å². The fraction of sp³-hybridized carbons (Fsp3) is 1.00. The molecule has 0 saturated carbocycles. The Bertz CT molecular complexity index is 83.3. The Labute approximate surface area is 63.4 Å². The van der Waals surface area contributed by atoms with E-state index >= 15 is 0 Å². The largest absolute Gasteiger partial charge is 0.392 e. The number of nitrogens with two attached hydrogens (primary N) is 1. The number of hydrogen-bond donors (Lipinski definition) is 2. The van der Waals surface area contributed by atoms with Crippen LogP contribution in [-0.4, -0.2) is 17.3 Å². The highest BCUT2D eigenvalue weighted by atomic mass is 16.3. The minimum Gasteiger partial charge on any atom is -0.392 e. The van der Waals surface area contributed by atoms with Crippen LogP contribution in [0.4, 0.5) is 0 Å². The summed E-state index contributed by atoms with van der Waals surface area (Å²) in [4.78, 5) is 0. The Hall–Kier alpha value is -0.0800. The van der Waals surface area contributed by atoms with Crippen LogP contribution in [0, 0.1) is 5.92 Å². The van der Waals surface area contributed by atoms with E-state index in [1.54, 1.807) is 0 Å². The summed E-state index contributed by atoms with van der Waals surface area (Å²) < 4.78 is 0. The van der Waals surface area contributed by atoms with Crippen LogP contribution >= 0.6 is 0 Å². The molecule has 10 heavy (non-hydrogen) atoms. The van der Waals surface area contributed by atoms with Crippen molar-refractivity contribution in [3.05, 3.63) is 0 Å². The van der Waals surface area contributed by atoms with Crippen LogP contribution in [-0.2, 0) is 0 Å². The summed E-state index contributed by atoms with van der Waals surface area (Å²) in [5.41, 5.74) is 5.68. The lowest BCUT2D eigenvalue weighted by Crippen LogP contribution is -2.35. The molecule has 0 aromatic rings. The fourth-order valence-electron chi connectivity index (χ4n) is 1.00. The monoisotopic (exact) mass is 145 g/mol. The quantitative estimate of drug-likeness (QED) is 0.623. The predicted octanol–water partition coefficient (Wildman–Crippen LogP) is 1.13. The summed E-state index contributed by atoms with van der Waals surface area (Å²) >= 11 is 0. The third kappa shape index (κ3) is 3.85. The molecule has 2 atom stereocenters. The van der Waals surface area contributed by atoms with Crippen molar-refractivity contribution in [3.8, 4) is 0 Å². The van der Waals surface area contributed by atoms with Gasteiger partial charge >= 0.3 is 0 Å². The van der Waals surface area contributed by atoms with Gasteiger partial charge in [0.05, 0.1) is 6.10 Å². The molecule has 0 heterocycles. The van der Waals surface area contributed by atoms with Crippen LogP contribution in [0.15, 0.2) is 0 Å². The lowest BCUT2D eigenvalue weighted by molar-refractivity contribution is 0.130. The molecule has 0 aliphatic carbocycles. The zero-order chi connectivity index (χ0) is 8.15. The third-order valence-corrected chi connectivity index (χ3v) is 1.66. The van der Waals surface area contributed by atoms with Gasteiger partial charge in [0.2, 0.25) is 0 Å². The molecule has 62 valence electrons. The first-order valence-corrected chi connectivity index (χ1v) is 4.01. The molecule has 3 N–H and O–H groups in total. The van der Waals surface area contributed by atoms with E-state index in [-0.39, 0.29) is 12.1 Å². The summed E-state index contributed by atoms with van der Waals surface area (Å²) in [7, 11) is 0. The van der Waals surface area contributed by atoms with E-state index in [1.165, 1.54) is 0 Å². The number of aliphatic hydroxyl groups is 1. The molecule has 0 aromatic carbocycles. The second-order valence-electron chi connectivity index (χ2n) is 3.27. The average Bonchev–Trinajstić information content (AvgIpc) is 1.85. The van der Waals surface area contributed by atoms with E-state index < -0.39 is 0 Å². The molecule has 0 spiro atoms. The first-order valence-electron chi connectivity index (χ1n) is 4.01. The highest BCUT2D eigenvalue weighted by molar-refractivity contribution is 4.71. The Morgan fingerprint density at radius 1 is 1.40 bits per heavy atom. The lowest BCUT2D eigenvalue weighted by atomic mass is 9.99. The maximum absolute atomic E-state index is 9.25. The first-order chi connectivity index (χ1) is 4.57. The topological polar surface area (TPSA) is 46.2 Å². The van der Waals surface area contributed by atoms with E-state index in [4.69, 9.17) is 5.73 Å². The molecule has 0 radical (unpaired) electrons. The van der Waals surface area contributed by atoms with Gasteiger partial charge in [-0.3, -0.25) is 0 Å².